The first-order chi connectivity index (χ1) is 9.17. The van der Waals surface area contributed by atoms with E-state index in [9.17, 15) is 10.2 Å². The Morgan fingerprint density at radius 3 is 2.21 bits per heavy atom. The van der Waals surface area contributed by atoms with Gasteiger partial charge in [0.25, 0.3) is 0 Å². The lowest BCUT2D eigenvalue weighted by Crippen LogP contribution is -2.34. The maximum absolute atomic E-state index is 9.72. The maximum Gasteiger partial charge on any atom is 0.0521 e. The second kappa shape index (κ2) is 5.99. The number of hydrogen-bond donors (Lipinski definition) is 2. The first kappa shape index (κ1) is 13.8. The van der Waals surface area contributed by atoms with Crippen LogP contribution in [0.25, 0.3) is 0 Å². The van der Waals surface area contributed by atoms with E-state index in [0.717, 1.165) is 11.1 Å². The van der Waals surface area contributed by atoms with Crippen LogP contribution in [-0.2, 0) is 19.9 Å². The lowest BCUT2D eigenvalue weighted by atomic mass is 9.78. The van der Waals surface area contributed by atoms with Crippen LogP contribution in [0.4, 0.5) is 0 Å². The van der Waals surface area contributed by atoms with Crippen molar-refractivity contribution in [3.63, 3.8) is 0 Å². The van der Waals surface area contributed by atoms with E-state index < -0.39 is 5.41 Å². The molecule has 0 unspecified atom stereocenters. The average Bonchev–Trinajstić information content (AvgIpc) is 2.84. The van der Waals surface area contributed by atoms with Gasteiger partial charge in [0.15, 0.2) is 0 Å². The largest absolute Gasteiger partial charge is 0.396 e. The van der Waals surface area contributed by atoms with E-state index in [1.165, 1.54) is 0 Å². The molecule has 0 saturated heterocycles. The molecular weight excluding hydrogens is 240 g/mol. The number of aliphatic hydroxyl groups is 2. The number of nitrogens with zero attached hydrogens (tertiary/aromatic N) is 2. The monoisotopic (exact) mass is 260 g/mol. The highest BCUT2D eigenvalue weighted by Crippen LogP contribution is 2.27. The number of aryl methyl sites for hydroxylation is 1. The minimum atomic E-state index is -0.537. The number of benzene rings is 1. The molecule has 0 spiro atoms. The molecule has 0 aliphatic heterocycles. The van der Waals surface area contributed by atoms with E-state index in [4.69, 9.17) is 0 Å². The van der Waals surface area contributed by atoms with Crippen molar-refractivity contribution in [2.45, 2.75) is 12.8 Å². The van der Waals surface area contributed by atoms with Gasteiger partial charge in [-0.25, -0.2) is 0 Å². The van der Waals surface area contributed by atoms with Crippen molar-refractivity contribution in [2.24, 2.45) is 12.5 Å². The molecule has 2 rings (SSSR count). The number of aromatic nitrogens is 2. The van der Waals surface area contributed by atoms with E-state index in [-0.39, 0.29) is 13.2 Å². The van der Waals surface area contributed by atoms with E-state index in [2.05, 4.69) is 5.10 Å². The fraction of sp³-hybridized carbons (Fsp3) is 0.400. The lowest BCUT2D eigenvalue weighted by molar-refractivity contribution is 0.0548. The van der Waals surface area contributed by atoms with Gasteiger partial charge < -0.3 is 10.2 Å². The fourth-order valence-corrected chi connectivity index (χ4v) is 2.36. The van der Waals surface area contributed by atoms with Crippen molar-refractivity contribution < 1.29 is 10.2 Å². The minimum Gasteiger partial charge on any atom is -0.396 e. The Hall–Kier alpha value is -1.65. The highest BCUT2D eigenvalue weighted by molar-refractivity contribution is 5.18. The molecule has 102 valence electrons. The van der Waals surface area contributed by atoms with Gasteiger partial charge in [0.2, 0.25) is 0 Å². The van der Waals surface area contributed by atoms with Gasteiger partial charge in [-0.1, -0.05) is 30.3 Å². The molecule has 0 amide bonds. The topological polar surface area (TPSA) is 58.3 Å². The summed E-state index contributed by atoms with van der Waals surface area (Å²) in [5, 5.41) is 23.6. The third-order valence-corrected chi connectivity index (χ3v) is 3.43. The maximum atomic E-state index is 9.72. The Kier molecular flexibility index (Phi) is 4.35. The Morgan fingerprint density at radius 2 is 1.68 bits per heavy atom. The van der Waals surface area contributed by atoms with Crippen LogP contribution in [0, 0.1) is 5.41 Å². The molecule has 2 aromatic rings. The SMILES string of the molecule is Cn1cc(CC(CO)(CO)Cc2ccccc2)cn1. The minimum absolute atomic E-state index is 0.0483. The molecule has 1 heterocycles. The quantitative estimate of drug-likeness (QED) is 0.820. The molecule has 2 N–H and O–H groups in total. The molecule has 0 atom stereocenters. The molecule has 0 aliphatic carbocycles. The predicted octanol–water partition coefficient (Wildman–Crippen LogP) is 1.18. The third-order valence-electron chi connectivity index (χ3n) is 3.43. The zero-order valence-electron chi connectivity index (χ0n) is 11.2. The normalized spacial score (nSPS) is 11.7. The van der Waals surface area contributed by atoms with Gasteiger partial charge in [0.05, 0.1) is 19.4 Å². The summed E-state index contributed by atoms with van der Waals surface area (Å²) >= 11 is 0. The molecule has 0 saturated carbocycles. The Bertz CT molecular complexity index is 504. The van der Waals surface area contributed by atoms with Crippen LogP contribution >= 0.6 is 0 Å². The molecule has 4 nitrogen and oxygen atoms in total. The van der Waals surface area contributed by atoms with Crippen LogP contribution in [0.3, 0.4) is 0 Å². The van der Waals surface area contributed by atoms with Crippen molar-refractivity contribution in [1.82, 2.24) is 9.78 Å². The summed E-state index contributed by atoms with van der Waals surface area (Å²) in [4.78, 5) is 0. The molecule has 0 aliphatic rings. The second-order valence-corrected chi connectivity index (χ2v) is 5.18. The molecule has 0 bridgehead atoms. The number of rotatable bonds is 6. The Morgan fingerprint density at radius 1 is 1.05 bits per heavy atom. The van der Waals surface area contributed by atoms with Gasteiger partial charge in [-0.15, -0.1) is 0 Å². The standard InChI is InChI=1S/C15H20N2O2/c1-17-10-14(9-16-17)8-15(11-18,12-19)7-13-5-3-2-4-6-13/h2-6,9-10,18-19H,7-8,11-12H2,1H3. The van der Waals surface area contributed by atoms with Crippen molar-refractivity contribution in [3.05, 3.63) is 53.9 Å². The van der Waals surface area contributed by atoms with Crippen LogP contribution in [0.1, 0.15) is 11.1 Å². The molecule has 0 radical (unpaired) electrons. The highest BCUT2D eigenvalue weighted by Gasteiger charge is 2.30. The summed E-state index contributed by atoms with van der Waals surface area (Å²) in [6, 6.07) is 9.94. The zero-order valence-corrected chi connectivity index (χ0v) is 11.2. The Balaban J connectivity index is 2.17. The predicted molar refractivity (Wildman–Crippen MR) is 73.7 cm³/mol. The summed E-state index contributed by atoms with van der Waals surface area (Å²) in [6.07, 6.45) is 4.97. The zero-order chi connectivity index (χ0) is 13.7. The van der Waals surface area contributed by atoms with Gasteiger partial charge in [-0.3, -0.25) is 4.68 Å². The van der Waals surface area contributed by atoms with Crippen LogP contribution in [0.2, 0.25) is 0 Å². The van der Waals surface area contributed by atoms with Gasteiger partial charge in [0.1, 0.15) is 0 Å². The molecule has 4 heteroatoms. The molecular formula is C15H20N2O2. The van der Waals surface area contributed by atoms with Crippen LogP contribution in [0.5, 0.6) is 0 Å². The van der Waals surface area contributed by atoms with E-state index in [1.807, 2.05) is 43.6 Å². The van der Waals surface area contributed by atoms with Crippen molar-refractivity contribution in [1.29, 1.82) is 0 Å². The van der Waals surface area contributed by atoms with Crippen LogP contribution in [-0.4, -0.2) is 33.2 Å². The molecule has 1 aromatic carbocycles. The van der Waals surface area contributed by atoms with Gasteiger partial charge >= 0.3 is 0 Å². The van der Waals surface area contributed by atoms with Crippen LogP contribution < -0.4 is 0 Å². The smallest absolute Gasteiger partial charge is 0.0521 e. The first-order valence-corrected chi connectivity index (χ1v) is 6.41. The number of hydrogen-bond acceptors (Lipinski definition) is 3. The average molecular weight is 260 g/mol. The second-order valence-electron chi connectivity index (χ2n) is 5.18. The fourth-order valence-electron chi connectivity index (χ4n) is 2.36. The summed E-state index contributed by atoms with van der Waals surface area (Å²) in [7, 11) is 1.86. The van der Waals surface area contributed by atoms with Crippen molar-refractivity contribution >= 4 is 0 Å². The molecule has 0 fully saturated rings. The molecule has 19 heavy (non-hydrogen) atoms. The first-order valence-electron chi connectivity index (χ1n) is 6.41. The van der Waals surface area contributed by atoms with E-state index in [0.29, 0.717) is 12.8 Å². The van der Waals surface area contributed by atoms with Crippen molar-refractivity contribution in [2.75, 3.05) is 13.2 Å². The highest BCUT2D eigenvalue weighted by atomic mass is 16.3. The van der Waals surface area contributed by atoms with E-state index in [1.54, 1.807) is 10.9 Å². The van der Waals surface area contributed by atoms with E-state index >= 15 is 0 Å². The summed E-state index contributed by atoms with van der Waals surface area (Å²) < 4.78 is 1.73. The lowest BCUT2D eigenvalue weighted by Gasteiger charge is -2.29. The van der Waals surface area contributed by atoms with Crippen molar-refractivity contribution in [3.8, 4) is 0 Å². The van der Waals surface area contributed by atoms with Gasteiger partial charge in [0, 0.05) is 18.7 Å². The number of aliphatic hydroxyl groups excluding tert-OH is 2. The van der Waals surface area contributed by atoms with Crippen LogP contribution in [0.15, 0.2) is 42.7 Å². The summed E-state index contributed by atoms with van der Waals surface area (Å²) in [5.41, 5.74) is 1.61. The summed E-state index contributed by atoms with van der Waals surface area (Å²) in [5.74, 6) is 0. The third kappa shape index (κ3) is 3.43. The van der Waals surface area contributed by atoms with Gasteiger partial charge in [-0.05, 0) is 24.0 Å². The molecule has 1 aromatic heterocycles. The summed E-state index contributed by atoms with van der Waals surface area (Å²) in [6.45, 7) is -0.0966. The van der Waals surface area contributed by atoms with Gasteiger partial charge in [-0.2, -0.15) is 5.10 Å². The Labute approximate surface area is 113 Å².